The van der Waals surface area contributed by atoms with E-state index in [1.165, 1.54) is 0 Å². The Hall–Kier alpha value is -4.22. The first-order valence-corrected chi connectivity index (χ1v) is 14.3. The van der Waals surface area contributed by atoms with E-state index in [-0.39, 0.29) is 12.5 Å². The average molecular weight is 617 g/mol. The molecule has 6 rings (SSSR count). The predicted molar refractivity (Wildman–Crippen MR) is 161 cm³/mol. The van der Waals surface area contributed by atoms with Crippen LogP contribution in [0.2, 0.25) is 0 Å². The molecule has 0 bridgehead atoms. The van der Waals surface area contributed by atoms with Crippen LogP contribution in [0.1, 0.15) is 28.8 Å². The summed E-state index contributed by atoms with van der Waals surface area (Å²) in [6, 6.07) is 19.1. The SMILES string of the molecule is COc1ccc(Cn2nc(NC(=O)c3ccc(N4CCC(CO)CC4)nc3)cc2-c2nc3cc(Br)ccc3[nH]2)cc1. The van der Waals surface area contributed by atoms with Crippen LogP contribution in [-0.4, -0.2) is 62.6 Å². The second kappa shape index (κ2) is 11.7. The Bertz CT molecular complexity index is 1660. The van der Waals surface area contributed by atoms with Crippen LogP contribution >= 0.6 is 15.9 Å². The number of aliphatic hydroxyl groups excluding tert-OH is 1. The van der Waals surface area contributed by atoms with Gasteiger partial charge < -0.3 is 25.0 Å². The van der Waals surface area contributed by atoms with Crippen LogP contribution in [0.5, 0.6) is 5.75 Å². The lowest BCUT2D eigenvalue weighted by atomic mass is 9.98. The number of carbonyl (C=O) groups excluding carboxylic acids is 1. The first-order chi connectivity index (χ1) is 20.0. The van der Waals surface area contributed by atoms with Crippen LogP contribution < -0.4 is 15.0 Å². The summed E-state index contributed by atoms with van der Waals surface area (Å²) in [6.45, 7) is 2.39. The Morgan fingerprint density at radius 2 is 1.93 bits per heavy atom. The Kier molecular flexibility index (Phi) is 7.71. The molecule has 0 atom stereocenters. The molecule has 0 aliphatic carbocycles. The first-order valence-electron chi connectivity index (χ1n) is 13.5. The number of hydrogen-bond acceptors (Lipinski definition) is 7. The van der Waals surface area contributed by atoms with Crippen molar-refractivity contribution >= 4 is 44.5 Å². The van der Waals surface area contributed by atoms with Gasteiger partial charge in [-0.3, -0.25) is 9.48 Å². The minimum atomic E-state index is -0.294. The van der Waals surface area contributed by atoms with Gasteiger partial charge in [0.25, 0.3) is 5.91 Å². The molecule has 1 amide bonds. The van der Waals surface area contributed by atoms with Gasteiger partial charge in [0, 0.05) is 36.4 Å². The molecule has 5 aromatic rings. The van der Waals surface area contributed by atoms with E-state index < -0.39 is 0 Å². The topological polar surface area (TPSA) is 121 Å². The third kappa shape index (κ3) is 5.96. The zero-order valence-corrected chi connectivity index (χ0v) is 24.1. The third-order valence-electron chi connectivity index (χ3n) is 7.41. The monoisotopic (exact) mass is 615 g/mol. The summed E-state index contributed by atoms with van der Waals surface area (Å²) in [5.41, 5.74) is 3.93. The number of piperidine rings is 1. The number of benzene rings is 2. The van der Waals surface area contributed by atoms with Gasteiger partial charge in [0.05, 0.1) is 30.3 Å². The molecule has 1 saturated heterocycles. The molecule has 0 radical (unpaired) electrons. The van der Waals surface area contributed by atoms with Crippen molar-refractivity contribution < 1.29 is 14.6 Å². The summed E-state index contributed by atoms with van der Waals surface area (Å²) in [5, 5.41) is 17.0. The number of aromatic nitrogens is 5. The molecule has 1 aliphatic rings. The van der Waals surface area contributed by atoms with Crippen molar-refractivity contribution in [1.82, 2.24) is 24.7 Å². The van der Waals surface area contributed by atoms with E-state index in [9.17, 15) is 9.90 Å². The van der Waals surface area contributed by atoms with Gasteiger partial charge in [0.1, 0.15) is 17.3 Å². The van der Waals surface area contributed by atoms with E-state index in [0.717, 1.165) is 64.3 Å². The largest absolute Gasteiger partial charge is 0.497 e. The standard InChI is InChI=1S/C30H30BrN7O3/c1-41-23-6-2-19(3-7-23)17-38-26(29-33-24-8-5-22(31)14-25(24)34-29)15-27(36-38)35-30(40)21-4-9-28(32-16-21)37-12-10-20(18-39)11-13-37/h2-9,14-16,20,39H,10-13,17-18H2,1H3,(H,33,34)(H,35,36,40). The number of ether oxygens (including phenoxy) is 1. The molecular formula is C30H30BrN7O3. The lowest BCUT2D eigenvalue weighted by Gasteiger charge is -2.31. The minimum Gasteiger partial charge on any atom is -0.497 e. The molecule has 10 nitrogen and oxygen atoms in total. The lowest BCUT2D eigenvalue weighted by Crippen LogP contribution is -2.35. The number of aromatic amines is 1. The molecule has 0 unspecified atom stereocenters. The van der Waals surface area contributed by atoms with Gasteiger partial charge in [0.15, 0.2) is 11.6 Å². The Morgan fingerprint density at radius 3 is 2.63 bits per heavy atom. The predicted octanol–water partition coefficient (Wildman–Crippen LogP) is 5.10. The van der Waals surface area contributed by atoms with Crippen molar-refractivity contribution in [3.05, 3.63) is 82.5 Å². The number of fused-ring (bicyclic) bond motifs is 1. The minimum absolute atomic E-state index is 0.228. The molecule has 210 valence electrons. The third-order valence-corrected chi connectivity index (χ3v) is 7.90. The molecule has 2 aromatic carbocycles. The second-order valence-corrected chi connectivity index (χ2v) is 11.1. The van der Waals surface area contributed by atoms with Crippen molar-refractivity contribution in [2.75, 3.05) is 37.0 Å². The van der Waals surface area contributed by atoms with Crippen molar-refractivity contribution in [3.8, 4) is 17.3 Å². The van der Waals surface area contributed by atoms with E-state index in [1.54, 1.807) is 19.4 Å². The maximum Gasteiger partial charge on any atom is 0.258 e. The Morgan fingerprint density at radius 1 is 1.12 bits per heavy atom. The van der Waals surface area contributed by atoms with Crippen LogP contribution in [-0.2, 0) is 6.54 Å². The molecule has 3 N–H and O–H groups in total. The highest BCUT2D eigenvalue weighted by atomic mass is 79.9. The van der Waals surface area contributed by atoms with Gasteiger partial charge >= 0.3 is 0 Å². The molecule has 4 heterocycles. The maximum atomic E-state index is 13.2. The Labute approximate surface area is 245 Å². The molecule has 1 fully saturated rings. The summed E-state index contributed by atoms with van der Waals surface area (Å²) in [6.07, 6.45) is 3.46. The smallest absolute Gasteiger partial charge is 0.258 e. The first kappa shape index (κ1) is 27.0. The molecule has 41 heavy (non-hydrogen) atoms. The number of halogens is 1. The van der Waals surface area contributed by atoms with Crippen LogP contribution in [0.3, 0.4) is 0 Å². The number of methoxy groups -OCH3 is 1. The van der Waals surface area contributed by atoms with Gasteiger partial charge in [-0.1, -0.05) is 28.1 Å². The fourth-order valence-electron chi connectivity index (χ4n) is 5.03. The maximum absolute atomic E-state index is 13.2. The van der Waals surface area contributed by atoms with E-state index >= 15 is 0 Å². The van der Waals surface area contributed by atoms with Crippen LogP contribution in [0, 0.1) is 5.92 Å². The number of rotatable bonds is 8. The number of nitrogens with zero attached hydrogens (tertiary/aromatic N) is 5. The average Bonchev–Trinajstić information content (AvgIpc) is 3.60. The quantitative estimate of drug-likeness (QED) is 0.222. The molecule has 0 spiro atoms. The van der Waals surface area contributed by atoms with Crippen LogP contribution in [0.4, 0.5) is 11.6 Å². The normalized spacial score (nSPS) is 14.0. The van der Waals surface area contributed by atoms with Crippen molar-refractivity contribution in [3.63, 3.8) is 0 Å². The van der Waals surface area contributed by atoms with E-state index in [2.05, 4.69) is 36.1 Å². The van der Waals surface area contributed by atoms with Crippen LogP contribution in [0.25, 0.3) is 22.6 Å². The number of hydrogen-bond donors (Lipinski definition) is 3. The summed E-state index contributed by atoms with van der Waals surface area (Å²) in [4.78, 5) is 28.0. The summed E-state index contributed by atoms with van der Waals surface area (Å²) in [5.74, 6) is 2.73. The van der Waals surface area contributed by atoms with E-state index in [0.29, 0.717) is 29.7 Å². The number of imidazole rings is 1. The number of aliphatic hydroxyl groups is 1. The number of anilines is 2. The number of carbonyl (C=O) groups is 1. The number of pyridine rings is 1. The number of H-pyrrole nitrogens is 1. The highest BCUT2D eigenvalue weighted by Crippen LogP contribution is 2.27. The van der Waals surface area contributed by atoms with E-state index in [4.69, 9.17) is 14.8 Å². The zero-order valence-electron chi connectivity index (χ0n) is 22.5. The molecular weight excluding hydrogens is 586 g/mol. The highest BCUT2D eigenvalue weighted by molar-refractivity contribution is 9.10. The van der Waals surface area contributed by atoms with Gasteiger partial charge in [-0.05, 0) is 66.8 Å². The van der Waals surface area contributed by atoms with Crippen molar-refractivity contribution in [2.24, 2.45) is 5.92 Å². The molecule has 11 heteroatoms. The van der Waals surface area contributed by atoms with Gasteiger partial charge in [0.2, 0.25) is 0 Å². The summed E-state index contributed by atoms with van der Waals surface area (Å²) >= 11 is 3.51. The molecule has 3 aromatic heterocycles. The van der Waals surface area contributed by atoms with E-state index in [1.807, 2.05) is 59.3 Å². The lowest BCUT2D eigenvalue weighted by molar-refractivity contribution is 0.102. The fraction of sp³-hybridized carbons (Fsp3) is 0.267. The molecule has 0 saturated carbocycles. The van der Waals surface area contributed by atoms with Gasteiger partial charge in [-0.15, -0.1) is 0 Å². The summed E-state index contributed by atoms with van der Waals surface area (Å²) in [7, 11) is 1.64. The Balaban J connectivity index is 1.24. The number of amides is 1. The van der Waals surface area contributed by atoms with Gasteiger partial charge in [-0.25, -0.2) is 9.97 Å². The van der Waals surface area contributed by atoms with Gasteiger partial charge in [-0.2, -0.15) is 5.10 Å². The van der Waals surface area contributed by atoms with Crippen molar-refractivity contribution in [2.45, 2.75) is 19.4 Å². The van der Waals surface area contributed by atoms with Crippen molar-refractivity contribution in [1.29, 1.82) is 0 Å². The molecule has 1 aliphatic heterocycles. The fourth-order valence-corrected chi connectivity index (χ4v) is 5.38. The summed E-state index contributed by atoms with van der Waals surface area (Å²) < 4.78 is 8.05. The number of nitrogens with one attached hydrogen (secondary N) is 2. The van der Waals surface area contributed by atoms with Crippen LogP contribution in [0.15, 0.2) is 71.3 Å². The second-order valence-electron chi connectivity index (χ2n) is 10.1. The zero-order chi connectivity index (χ0) is 28.3. The highest BCUT2D eigenvalue weighted by Gasteiger charge is 2.20.